The Hall–Kier alpha value is -3.51. The Kier molecular flexibility index (Phi) is 6.61. The van der Waals surface area contributed by atoms with Gasteiger partial charge in [-0.3, -0.25) is 19.5 Å². The third-order valence-corrected chi connectivity index (χ3v) is 6.01. The quantitative estimate of drug-likeness (QED) is 0.591. The van der Waals surface area contributed by atoms with Crippen molar-refractivity contribution in [2.24, 2.45) is 0 Å². The first-order valence-electron chi connectivity index (χ1n) is 10.9. The monoisotopic (exact) mass is 429 g/mol. The zero-order valence-electron chi connectivity index (χ0n) is 18.1. The van der Waals surface area contributed by atoms with E-state index in [0.717, 1.165) is 47.3 Å². The molecule has 1 aliphatic rings. The number of carbonyl (C=O) groups excluding carboxylic acids is 1. The largest absolute Gasteiger partial charge is 0.480 e. The van der Waals surface area contributed by atoms with Crippen LogP contribution in [-0.2, 0) is 11.3 Å². The van der Waals surface area contributed by atoms with Gasteiger partial charge in [0.1, 0.15) is 11.7 Å². The van der Waals surface area contributed by atoms with E-state index in [1.807, 2.05) is 66.4 Å². The summed E-state index contributed by atoms with van der Waals surface area (Å²) < 4.78 is 0. The first-order valence-corrected chi connectivity index (χ1v) is 10.9. The number of aliphatic carboxylic acids is 1. The fourth-order valence-corrected chi connectivity index (χ4v) is 4.28. The van der Waals surface area contributed by atoms with Crippen LogP contribution < -0.4 is 5.32 Å². The maximum atomic E-state index is 12.9. The number of amides is 1. The molecule has 2 heterocycles. The van der Waals surface area contributed by atoms with Crippen molar-refractivity contribution in [1.29, 1.82) is 0 Å². The van der Waals surface area contributed by atoms with Crippen molar-refractivity contribution in [3.8, 4) is 11.1 Å². The topological polar surface area (TPSA) is 82.5 Å². The van der Waals surface area contributed by atoms with Crippen LogP contribution in [0.1, 0.15) is 40.9 Å². The molecule has 1 atom stereocenters. The Morgan fingerprint density at radius 2 is 1.91 bits per heavy atom. The molecule has 0 bridgehead atoms. The van der Waals surface area contributed by atoms with E-state index < -0.39 is 12.0 Å². The molecule has 4 rings (SSSR count). The van der Waals surface area contributed by atoms with Gasteiger partial charge in [-0.05, 0) is 66.8 Å². The van der Waals surface area contributed by atoms with Gasteiger partial charge in [0.05, 0.1) is 0 Å². The number of aromatic nitrogens is 1. The summed E-state index contributed by atoms with van der Waals surface area (Å²) in [5.74, 6) is -1.07. The average molecular weight is 430 g/mol. The number of pyridine rings is 1. The number of rotatable bonds is 6. The number of likely N-dealkylation sites (tertiary alicyclic amines) is 1. The highest BCUT2D eigenvalue weighted by Crippen LogP contribution is 2.28. The van der Waals surface area contributed by atoms with Gasteiger partial charge < -0.3 is 10.4 Å². The molecule has 1 fully saturated rings. The number of anilines is 1. The van der Waals surface area contributed by atoms with E-state index in [9.17, 15) is 14.7 Å². The Labute approximate surface area is 187 Å². The zero-order valence-corrected chi connectivity index (χ0v) is 18.1. The fraction of sp³-hybridized carbons (Fsp3) is 0.269. The van der Waals surface area contributed by atoms with Crippen LogP contribution in [0.15, 0.2) is 66.9 Å². The molecule has 1 aromatic heterocycles. The third kappa shape index (κ3) is 4.86. The summed E-state index contributed by atoms with van der Waals surface area (Å²) in [7, 11) is 0. The summed E-state index contributed by atoms with van der Waals surface area (Å²) in [6.07, 6.45) is 4.18. The SMILES string of the molecule is Cc1c(NC(=O)c2cc(CN3CCCC[C@H]3C(=O)O)ccn2)cccc1-c1ccccc1. The van der Waals surface area contributed by atoms with Gasteiger partial charge in [0.2, 0.25) is 0 Å². The van der Waals surface area contributed by atoms with Crippen molar-refractivity contribution < 1.29 is 14.7 Å². The van der Waals surface area contributed by atoms with Gasteiger partial charge in [0.15, 0.2) is 0 Å². The highest BCUT2D eigenvalue weighted by atomic mass is 16.4. The van der Waals surface area contributed by atoms with E-state index in [4.69, 9.17) is 0 Å². The van der Waals surface area contributed by atoms with Gasteiger partial charge in [-0.1, -0.05) is 48.9 Å². The van der Waals surface area contributed by atoms with Crippen LogP contribution in [0, 0.1) is 6.92 Å². The maximum Gasteiger partial charge on any atom is 0.320 e. The second-order valence-electron chi connectivity index (χ2n) is 8.17. The summed E-state index contributed by atoms with van der Waals surface area (Å²) in [6, 6.07) is 19.0. The molecule has 0 aliphatic carbocycles. The fourth-order valence-electron chi connectivity index (χ4n) is 4.28. The Morgan fingerprint density at radius 1 is 1.09 bits per heavy atom. The van der Waals surface area contributed by atoms with Crippen molar-refractivity contribution in [1.82, 2.24) is 9.88 Å². The molecule has 6 nitrogen and oxygen atoms in total. The van der Waals surface area contributed by atoms with E-state index in [-0.39, 0.29) is 5.91 Å². The first kappa shape index (κ1) is 21.7. The van der Waals surface area contributed by atoms with E-state index in [1.54, 1.807) is 12.3 Å². The van der Waals surface area contributed by atoms with Crippen molar-refractivity contribution >= 4 is 17.6 Å². The highest BCUT2D eigenvalue weighted by Gasteiger charge is 2.28. The Balaban J connectivity index is 1.51. The van der Waals surface area contributed by atoms with Gasteiger partial charge in [0.25, 0.3) is 5.91 Å². The minimum Gasteiger partial charge on any atom is -0.480 e. The molecule has 2 aromatic carbocycles. The predicted molar refractivity (Wildman–Crippen MR) is 124 cm³/mol. The summed E-state index contributed by atoms with van der Waals surface area (Å²) in [5.41, 5.74) is 5.08. The number of carboxylic acid groups (broad SMARTS) is 1. The maximum absolute atomic E-state index is 12.9. The van der Waals surface area contributed by atoms with Crippen LogP contribution in [-0.4, -0.2) is 39.5 Å². The van der Waals surface area contributed by atoms with E-state index >= 15 is 0 Å². The Morgan fingerprint density at radius 3 is 2.69 bits per heavy atom. The van der Waals surface area contributed by atoms with Crippen LogP contribution in [0.4, 0.5) is 5.69 Å². The standard InChI is InChI=1S/C26H27N3O3/c1-18-21(20-8-3-2-4-9-20)10-7-11-22(18)28-25(30)23-16-19(13-14-27-23)17-29-15-6-5-12-24(29)26(31)32/h2-4,7-11,13-14,16,24H,5-6,12,15,17H2,1H3,(H,28,30)(H,31,32)/t24-/m0/s1. The van der Waals surface area contributed by atoms with Gasteiger partial charge >= 0.3 is 5.97 Å². The number of nitrogens with one attached hydrogen (secondary N) is 1. The number of hydrogen-bond acceptors (Lipinski definition) is 4. The lowest BCUT2D eigenvalue weighted by molar-refractivity contribution is -0.144. The third-order valence-electron chi connectivity index (χ3n) is 6.01. The molecule has 1 aliphatic heterocycles. The minimum absolute atomic E-state index is 0.284. The normalized spacial score (nSPS) is 16.5. The number of benzene rings is 2. The molecule has 0 radical (unpaired) electrons. The number of carboxylic acids is 1. The summed E-state index contributed by atoms with van der Waals surface area (Å²) in [5, 5.41) is 12.5. The van der Waals surface area contributed by atoms with Crippen LogP contribution >= 0.6 is 0 Å². The van der Waals surface area contributed by atoms with Crippen LogP contribution in [0.3, 0.4) is 0 Å². The predicted octanol–water partition coefficient (Wildman–Crippen LogP) is 4.75. The number of carbonyl (C=O) groups is 2. The van der Waals surface area contributed by atoms with E-state index in [0.29, 0.717) is 18.7 Å². The number of piperidine rings is 1. The molecule has 0 spiro atoms. The zero-order chi connectivity index (χ0) is 22.5. The van der Waals surface area contributed by atoms with Crippen LogP contribution in [0.25, 0.3) is 11.1 Å². The molecule has 164 valence electrons. The summed E-state index contributed by atoms with van der Waals surface area (Å²) in [4.78, 5) is 30.7. The second-order valence-corrected chi connectivity index (χ2v) is 8.17. The molecular weight excluding hydrogens is 402 g/mol. The van der Waals surface area contributed by atoms with Gasteiger partial charge in [-0.2, -0.15) is 0 Å². The first-order chi connectivity index (χ1) is 15.5. The average Bonchev–Trinajstić information content (AvgIpc) is 2.81. The molecule has 32 heavy (non-hydrogen) atoms. The summed E-state index contributed by atoms with van der Waals surface area (Å²) >= 11 is 0. The van der Waals surface area contributed by atoms with E-state index in [1.165, 1.54) is 0 Å². The minimum atomic E-state index is -0.787. The molecule has 1 saturated heterocycles. The van der Waals surface area contributed by atoms with Gasteiger partial charge in [-0.25, -0.2) is 0 Å². The van der Waals surface area contributed by atoms with Crippen molar-refractivity contribution in [3.63, 3.8) is 0 Å². The lowest BCUT2D eigenvalue weighted by Crippen LogP contribution is -2.44. The van der Waals surface area contributed by atoms with Gasteiger partial charge in [-0.15, -0.1) is 0 Å². The van der Waals surface area contributed by atoms with Crippen molar-refractivity contribution in [3.05, 3.63) is 83.7 Å². The van der Waals surface area contributed by atoms with Crippen LogP contribution in [0.5, 0.6) is 0 Å². The lowest BCUT2D eigenvalue weighted by Gasteiger charge is -2.32. The molecule has 6 heteroatoms. The highest BCUT2D eigenvalue weighted by molar-refractivity contribution is 6.03. The number of hydrogen-bond donors (Lipinski definition) is 2. The molecule has 0 saturated carbocycles. The number of nitrogens with zero attached hydrogens (tertiary/aromatic N) is 2. The molecule has 0 unspecified atom stereocenters. The van der Waals surface area contributed by atoms with Crippen molar-refractivity contribution in [2.45, 2.75) is 38.8 Å². The summed E-state index contributed by atoms with van der Waals surface area (Å²) in [6.45, 7) is 3.22. The lowest BCUT2D eigenvalue weighted by atomic mass is 9.99. The van der Waals surface area contributed by atoms with Crippen LogP contribution in [0.2, 0.25) is 0 Å². The molecule has 2 N–H and O–H groups in total. The molecule has 1 amide bonds. The van der Waals surface area contributed by atoms with Crippen molar-refractivity contribution in [2.75, 3.05) is 11.9 Å². The molecular formula is C26H27N3O3. The van der Waals surface area contributed by atoms with Gasteiger partial charge in [0, 0.05) is 18.4 Å². The second kappa shape index (κ2) is 9.75. The van der Waals surface area contributed by atoms with E-state index in [2.05, 4.69) is 10.3 Å². The Bertz CT molecular complexity index is 1110. The molecule has 3 aromatic rings. The smallest absolute Gasteiger partial charge is 0.320 e.